The third-order valence-electron chi connectivity index (χ3n) is 2.56. The van der Waals surface area contributed by atoms with Crippen molar-refractivity contribution in [2.75, 3.05) is 19.0 Å². The predicted molar refractivity (Wildman–Crippen MR) is 71.4 cm³/mol. The van der Waals surface area contributed by atoms with Gasteiger partial charge in [-0.2, -0.15) is 5.10 Å². The largest absolute Gasteiger partial charge is 0.469 e. The molecule has 8 heteroatoms. The maximum absolute atomic E-state index is 11.7. The number of esters is 1. The number of urea groups is 1. The first kappa shape index (κ1) is 13.8. The van der Waals surface area contributed by atoms with Crippen molar-refractivity contribution >= 4 is 23.3 Å². The van der Waals surface area contributed by atoms with E-state index >= 15 is 0 Å². The van der Waals surface area contributed by atoms with Crippen molar-refractivity contribution in [1.82, 2.24) is 19.9 Å². The van der Waals surface area contributed by atoms with E-state index in [0.717, 1.165) is 0 Å². The summed E-state index contributed by atoms with van der Waals surface area (Å²) in [5, 5.41) is 9.37. The summed E-state index contributed by atoms with van der Waals surface area (Å²) in [6.45, 7) is 1.97. The van der Waals surface area contributed by atoms with Gasteiger partial charge in [-0.05, 0) is 19.1 Å². The molecule has 2 rings (SSSR count). The highest BCUT2D eigenvalue weighted by molar-refractivity contribution is 5.93. The number of aryl methyl sites for hydroxylation is 1. The van der Waals surface area contributed by atoms with Gasteiger partial charge in [-0.3, -0.25) is 4.79 Å². The Morgan fingerprint density at radius 3 is 3.00 bits per heavy atom. The first-order valence-electron chi connectivity index (χ1n) is 6.04. The van der Waals surface area contributed by atoms with Crippen LogP contribution in [0.1, 0.15) is 12.2 Å². The van der Waals surface area contributed by atoms with E-state index in [2.05, 4.69) is 25.5 Å². The summed E-state index contributed by atoms with van der Waals surface area (Å²) < 4.78 is 6.06. The minimum absolute atomic E-state index is 0.123. The molecule has 2 amide bonds. The third-order valence-corrected chi connectivity index (χ3v) is 2.56. The molecule has 2 heterocycles. The fourth-order valence-electron chi connectivity index (χ4n) is 1.66. The minimum atomic E-state index is -0.414. The van der Waals surface area contributed by atoms with Gasteiger partial charge in [0.2, 0.25) is 0 Å². The number of nitrogens with one attached hydrogen (secondary N) is 2. The van der Waals surface area contributed by atoms with Gasteiger partial charge in [-0.25, -0.2) is 14.3 Å². The van der Waals surface area contributed by atoms with Crippen LogP contribution in [0.2, 0.25) is 0 Å². The summed E-state index contributed by atoms with van der Waals surface area (Å²) in [7, 11) is 1.30. The molecule has 0 aliphatic carbocycles. The number of hydrogen-bond acceptors (Lipinski definition) is 5. The van der Waals surface area contributed by atoms with E-state index < -0.39 is 6.03 Å². The first-order chi connectivity index (χ1) is 9.60. The van der Waals surface area contributed by atoms with Crippen LogP contribution >= 0.6 is 0 Å². The lowest BCUT2D eigenvalue weighted by Crippen LogP contribution is -2.31. The summed E-state index contributed by atoms with van der Waals surface area (Å²) in [4.78, 5) is 26.8. The zero-order chi connectivity index (χ0) is 14.5. The first-order valence-corrected chi connectivity index (χ1v) is 6.04. The molecule has 0 bridgehead atoms. The standard InChI is InChI=1S/C12H15N5O3/c1-8-14-11-9(4-3-7-17(11)16-8)15-12(19)13-6-5-10(18)20-2/h3-4,7H,5-6H2,1-2H3,(H2,13,15,19). The molecule has 0 aliphatic rings. The van der Waals surface area contributed by atoms with Crippen LogP contribution in [0.15, 0.2) is 18.3 Å². The van der Waals surface area contributed by atoms with Crippen molar-refractivity contribution in [3.63, 3.8) is 0 Å². The number of anilines is 1. The molecule has 20 heavy (non-hydrogen) atoms. The summed E-state index contributed by atoms with van der Waals surface area (Å²) in [6.07, 6.45) is 1.87. The molecular formula is C12H15N5O3. The van der Waals surface area contributed by atoms with Crippen molar-refractivity contribution in [1.29, 1.82) is 0 Å². The zero-order valence-electron chi connectivity index (χ0n) is 11.2. The average Bonchev–Trinajstić information content (AvgIpc) is 2.80. The molecule has 2 N–H and O–H groups in total. The fraction of sp³-hybridized carbons (Fsp3) is 0.333. The topological polar surface area (TPSA) is 97.6 Å². The zero-order valence-corrected chi connectivity index (χ0v) is 11.2. The Labute approximate surface area is 115 Å². The molecule has 106 valence electrons. The molecular weight excluding hydrogens is 262 g/mol. The predicted octanol–water partition coefficient (Wildman–Crippen LogP) is 0.722. The Kier molecular flexibility index (Phi) is 4.14. The smallest absolute Gasteiger partial charge is 0.319 e. The molecule has 0 spiro atoms. The second-order valence-corrected chi connectivity index (χ2v) is 4.06. The van der Waals surface area contributed by atoms with E-state index in [9.17, 15) is 9.59 Å². The normalized spacial score (nSPS) is 10.3. The monoisotopic (exact) mass is 277 g/mol. The molecule has 0 aliphatic heterocycles. The van der Waals surface area contributed by atoms with Crippen LogP contribution in [0.25, 0.3) is 5.65 Å². The summed E-state index contributed by atoms with van der Waals surface area (Å²) >= 11 is 0. The SMILES string of the molecule is COC(=O)CCNC(=O)Nc1cccn2nc(C)nc12. The van der Waals surface area contributed by atoms with Crippen LogP contribution in [-0.2, 0) is 9.53 Å². The molecule has 0 atom stereocenters. The third kappa shape index (κ3) is 3.22. The molecule has 0 saturated heterocycles. The van der Waals surface area contributed by atoms with Gasteiger partial charge in [0.1, 0.15) is 5.82 Å². The quantitative estimate of drug-likeness (QED) is 0.803. The van der Waals surface area contributed by atoms with Crippen molar-refractivity contribution in [3.8, 4) is 0 Å². The summed E-state index contributed by atoms with van der Waals surface area (Å²) in [5.74, 6) is 0.242. The molecule has 0 radical (unpaired) electrons. The highest BCUT2D eigenvalue weighted by Gasteiger charge is 2.09. The number of pyridine rings is 1. The Morgan fingerprint density at radius 2 is 2.25 bits per heavy atom. The Bertz CT molecular complexity index is 637. The number of hydrogen-bond donors (Lipinski definition) is 2. The molecule has 0 unspecified atom stereocenters. The Morgan fingerprint density at radius 1 is 1.45 bits per heavy atom. The van der Waals surface area contributed by atoms with Crippen LogP contribution in [0.4, 0.5) is 10.5 Å². The van der Waals surface area contributed by atoms with Crippen molar-refractivity contribution in [2.24, 2.45) is 0 Å². The number of ether oxygens (including phenoxy) is 1. The van der Waals surface area contributed by atoms with E-state index in [1.54, 1.807) is 29.8 Å². The van der Waals surface area contributed by atoms with E-state index in [4.69, 9.17) is 0 Å². The second kappa shape index (κ2) is 6.00. The lowest BCUT2D eigenvalue weighted by Gasteiger charge is -2.07. The maximum Gasteiger partial charge on any atom is 0.319 e. The van der Waals surface area contributed by atoms with Gasteiger partial charge in [0, 0.05) is 12.7 Å². The van der Waals surface area contributed by atoms with Crippen molar-refractivity contribution in [3.05, 3.63) is 24.2 Å². The van der Waals surface area contributed by atoms with Gasteiger partial charge in [0.15, 0.2) is 5.65 Å². The Balaban J connectivity index is 1.97. The van der Waals surface area contributed by atoms with E-state index in [-0.39, 0.29) is 18.9 Å². The van der Waals surface area contributed by atoms with Crippen LogP contribution in [0, 0.1) is 6.92 Å². The summed E-state index contributed by atoms with van der Waals surface area (Å²) in [6, 6.07) is 3.07. The van der Waals surface area contributed by atoms with Gasteiger partial charge < -0.3 is 15.4 Å². The summed E-state index contributed by atoms with van der Waals surface area (Å²) in [5.41, 5.74) is 1.11. The van der Waals surface area contributed by atoms with E-state index in [1.165, 1.54) is 7.11 Å². The number of methoxy groups -OCH3 is 1. The molecule has 2 aromatic rings. The fourth-order valence-corrected chi connectivity index (χ4v) is 1.66. The number of nitrogens with zero attached hydrogens (tertiary/aromatic N) is 3. The van der Waals surface area contributed by atoms with E-state index in [1.807, 2.05) is 0 Å². The lowest BCUT2D eigenvalue weighted by atomic mass is 10.4. The number of fused-ring (bicyclic) bond motifs is 1. The van der Waals surface area contributed by atoms with Crippen molar-refractivity contribution < 1.29 is 14.3 Å². The second-order valence-electron chi connectivity index (χ2n) is 4.06. The van der Waals surface area contributed by atoms with Gasteiger partial charge in [-0.15, -0.1) is 0 Å². The highest BCUT2D eigenvalue weighted by atomic mass is 16.5. The molecule has 0 aromatic carbocycles. The number of carbonyl (C=O) groups excluding carboxylic acids is 2. The van der Waals surface area contributed by atoms with Gasteiger partial charge >= 0.3 is 12.0 Å². The van der Waals surface area contributed by atoms with Crippen LogP contribution in [0.3, 0.4) is 0 Å². The average molecular weight is 277 g/mol. The van der Waals surface area contributed by atoms with Gasteiger partial charge in [-0.1, -0.05) is 0 Å². The molecule has 8 nitrogen and oxygen atoms in total. The lowest BCUT2D eigenvalue weighted by molar-refractivity contribution is -0.140. The molecule has 0 saturated carbocycles. The Hall–Kier alpha value is -2.64. The maximum atomic E-state index is 11.7. The number of carbonyl (C=O) groups is 2. The van der Waals surface area contributed by atoms with Gasteiger partial charge in [0.25, 0.3) is 0 Å². The number of aromatic nitrogens is 3. The van der Waals surface area contributed by atoms with Gasteiger partial charge in [0.05, 0.1) is 19.2 Å². The number of amides is 2. The van der Waals surface area contributed by atoms with Crippen LogP contribution in [0.5, 0.6) is 0 Å². The van der Waals surface area contributed by atoms with Crippen LogP contribution < -0.4 is 10.6 Å². The van der Waals surface area contributed by atoms with Crippen molar-refractivity contribution in [2.45, 2.75) is 13.3 Å². The molecule has 2 aromatic heterocycles. The molecule has 0 fully saturated rings. The van der Waals surface area contributed by atoms with Crippen LogP contribution in [-0.4, -0.2) is 40.3 Å². The minimum Gasteiger partial charge on any atom is -0.469 e. The van der Waals surface area contributed by atoms with E-state index in [0.29, 0.717) is 17.2 Å². The number of rotatable bonds is 4. The highest BCUT2D eigenvalue weighted by Crippen LogP contribution is 2.14.